The second-order valence-electron chi connectivity index (χ2n) is 5.62. The summed E-state index contributed by atoms with van der Waals surface area (Å²) in [4.78, 5) is 30.7. The van der Waals surface area contributed by atoms with E-state index in [0.29, 0.717) is 16.9 Å². The number of anilines is 1. The predicted octanol–water partition coefficient (Wildman–Crippen LogP) is 2.97. The summed E-state index contributed by atoms with van der Waals surface area (Å²) >= 11 is 0. The van der Waals surface area contributed by atoms with E-state index in [-0.39, 0.29) is 11.8 Å². The zero-order valence-electron chi connectivity index (χ0n) is 13.3. The zero-order valence-corrected chi connectivity index (χ0v) is 13.3. The van der Waals surface area contributed by atoms with E-state index in [1.54, 1.807) is 30.5 Å². The third-order valence-electron chi connectivity index (χ3n) is 3.90. The Labute approximate surface area is 141 Å². The fraction of sp³-hybridized carbons (Fsp3) is 0.211. The zero-order chi connectivity index (χ0) is 16.8. The number of hydrogen-bond donors (Lipinski definition) is 1. The Hall–Kier alpha value is -2.95. The fourth-order valence-electron chi connectivity index (χ4n) is 2.68. The maximum absolute atomic E-state index is 12.6. The van der Waals surface area contributed by atoms with Gasteiger partial charge < -0.3 is 10.2 Å². The summed E-state index contributed by atoms with van der Waals surface area (Å²) in [6.07, 6.45) is 6.79. The van der Waals surface area contributed by atoms with Gasteiger partial charge in [-0.15, -0.1) is 0 Å². The highest BCUT2D eigenvalue weighted by Crippen LogP contribution is 2.20. The molecule has 0 spiro atoms. The van der Waals surface area contributed by atoms with Crippen molar-refractivity contribution < 1.29 is 9.59 Å². The van der Waals surface area contributed by atoms with Crippen molar-refractivity contribution >= 4 is 23.6 Å². The molecule has 1 aromatic heterocycles. The monoisotopic (exact) mass is 321 g/mol. The molecule has 122 valence electrons. The molecule has 0 unspecified atom stereocenters. The Morgan fingerprint density at radius 3 is 2.54 bits per heavy atom. The Balaban J connectivity index is 1.72. The van der Waals surface area contributed by atoms with Crippen LogP contribution in [0.1, 0.15) is 28.9 Å². The van der Waals surface area contributed by atoms with E-state index in [1.165, 1.54) is 6.08 Å². The van der Waals surface area contributed by atoms with Gasteiger partial charge in [-0.05, 0) is 43.2 Å². The smallest absolute Gasteiger partial charge is 0.255 e. The second kappa shape index (κ2) is 7.55. The van der Waals surface area contributed by atoms with Gasteiger partial charge in [0, 0.05) is 25.4 Å². The van der Waals surface area contributed by atoms with Gasteiger partial charge in [0.1, 0.15) is 0 Å². The number of carbonyl (C=O) groups excluding carboxylic acids is 2. The number of nitrogens with zero attached hydrogens (tertiary/aromatic N) is 2. The molecule has 2 amide bonds. The molecule has 0 atom stereocenters. The van der Waals surface area contributed by atoms with Crippen molar-refractivity contribution in [2.75, 3.05) is 18.4 Å². The summed E-state index contributed by atoms with van der Waals surface area (Å²) in [7, 11) is 0. The molecule has 24 heavy (non-hydrogen) atoms. The minimum atomic E-state index is -0.290. The number of aromatic nitrogens is 1. The molecule has 0 radical (unpaired) electrons. The maximum atomic E-state index is 12.6. The van der Waals surface area contributed by atoms with Crippen molar-refractivity contribution in [1.82, 2.24) is 9.88 Å². The molecule has 1 N–H and O–H groups in total. The molecule has 1 aliphatic rings. The van der Waals surface area contributed by atoms with E-state index in [9.17, 15) is 9.59 Å². The molecule has 1 aromatic carbocycles. The van der Waals surface area contributed by atoms with Crippen molar-refractivity contribution in [3.63, 3.8) is 0 Å². The SMILES string of the molecule is O=C(/C=C\c1ccccn1)Nc1ccccc1C(=O)N1CCCC1. The normalized spacial score (nSPS) is 14.1. The van der Waals surface area contributed by atoms with E-state index >= 15 is 0 Å². The number of nitrogens with one attached hydrogen (secondary N) is 1. The van der Waals surface area contributed by atoms with Gasteiger partial charge in [0.2, 0.25) is 5.91 Å². The molecule has 0 bridgehead atoms. The van der Waals surface area contributed by atoms with Crippen molar-refractivity contribution in [3.8, 4) is 0 Å². The average Bonchev–Trinajstić information content (AvgIpc) is 3.15. The fourth-order valence-corrected chi connectivity index (χ4v) is 2.68. The Morgan fingerprint density at radius 1 is 1.04 bits per heavy atom. The van der Waals surface area contributed by atoms with Crippen molar-refractivity contribution in [2.24, 2.45) is 0 Å². The van der Waals surface area contributed by atoms with E-state index in [2.05, 4.69) is 10.3 Å². The summed E-state index contributed by atoms with van der Waals surface area (Å²) in [5.41, 5.74) is 1.76. The molecule has 1 fully saturated rings. The van der Waals surface area contributed by atoms with Crippen LogP contribution in [-0.4, -0.2) is 34.8 Å². The van der Waals surface area contributed by atoms with Gasteiger partial charge in [0.25, 0.3) is 5.91 Å². The summed E-state index contributed by atoms with van der Waals surface area (Å²) in [6.45, 7) is 1.56. The Bertz CT molecular complexity index is 750. The number of rotatable bonds is 4. The molecular formula is C19H19N3O2. The van der Waals surface area contributed by atoms with Gasteiger partial charge in [0.15, 0.2) is 0 Å². The standard InChI is InChI=1S/C19H19N3O2/c23-18(11-10-15-7-3-4-12-20-15)21-17-9-2-1-8-16(17)19(24)22-13-5-6-14-22/h1-4,7-12H,5-6,13-14H2,(H,21,23)/b11-10-. The highest BCUT2D eigenvalue weighted by molar-refractivity contribution is 6.07. The molecule has 1 aliphatic heterocycles. The first kappa shape index (κ1) is 15.9. The van der Waals surface area contributed by atoms with Crippen LogP contribution >= 0.6 is 0 Å². The van der Waals surface area contributed by atoms with Crippen LogP contribution in [0, 0.1) is 0 Å². The van der Waals surface area contributed by atoms with Crippen molar-refractivity contribution in [3.05, 3.63) is 66.0 Å². The van der Waals surface area contributed by atoms with Crippen LogP contribution < -0.4 is 5.32 Å². The van der Waals surface area contributed by atoms with Gasteiger partial charge in [-0.3, -0.25) is 14.6 Å². The molecule has 1 saturated heterocycles. The minimum absolute atomic E-state index is 0.0305. The number of benzene rings is 1. The molecule has 5 heteroatoms. The lowest BCUT2D eigenvalue weighted by Crippen LogP contribution is -2.28. The van der Waals surface area contributed by atoms with Crippen LogP contribution in [-0.2, 0) is 4.79 Å². The van der Waals surface area contributed by atoms with Gasteiger partial charge >= 0.3 is 0 Å². The van der Waals surface area contributed by atoms with E-state index in [1.807, 2.05) is 29.2 Å². The minimum Gasteiger partial charge on any atom is -0.339 e. The highest BCUT2D eigenvalue weighted by atomic mass is 16.2. The number of carbonyl (C=O) groups is 2. The Morgan fingerprint density at radius 2 is 1.79 bits per heavy atom. The molecule has 2 aromatic rings. The van der Waals surface area contributed by atoms with Crippen LogP contribution in [0.25, 0.3) is 6.08 Å². The molecule has 0 aliphatic carbocycles. The lowest BCUT2D eigenvalue weighted by Gasteiger charge is -2.17. The van der Waals surface area contributed by atoms with Crippen LogP contribution in [0.2, 0.25) is 0 Å². The number of para-hydroxylation sites is 1. The van der Waals surface area contributed by atoms with Gasteiger partial charge in [-0.1, -0.05) is 18.2 Å². The first-order valence-electron chi connectivity index (χ1n) is 8.02. The molecule has 2 heterocycles. The van der Waals surface area contributed by atoms with Crippen molar-refractivity contribution in [1.29, 1.82) is 0 Å². The average molecular weight is 321 g/mol. The number of pyridine rings is 1. The van der Waals surface area contributed by atoms with E-state index in [0.717, 1.165) is 25.9 Å². The first-order valence-corrected chi connectivity index (χ1v) is 8.02. The lowest BCUT2D eigenvalue weighted by molar-refractivity contribution is -0.111. The van der Waals surface area contributed by atoms with E-state index < -0.39 is 0 Å². The summed E-state index contributed by atoms with van der Waals surface area (Å²) in [6, 6.07) is 12.6. The quantitative estimate of drug-likeness (QED) is 0.881. The largest absolute Gasteiger partial charge is 0.339 e. The second-order valence-corrected chi connectivity index (χ2v) is 5.62. The number of hydrogen-bond acceptors (Lipinski definition) is 3. The van der Waals surface area contributed by atoms with Gasteiger partial charge in [-0.2, -0.15) is 0 Å². The predicted molar refractivity (Wildman–Crippen MR) is 93.5 cm³/mol. The van der Waals surface area contributed by atoms with Gasteiger partial charge in [0.05, 0.1) is 16.9 Å². The highest BCUT2D eigenvalue weighted by Gasteiger charge is 2.21. The molecule has 3 rings (SSSR count). The third kappa shape index (κ3) is 3.87. The summed E-state index contributed by atoms with van der Waals surface area (Å²) < 4.78 is 0. The first-order chi connectivity index (χ1) is 11.7. The van der Waals surface area contributed by atoms with Crippen LogP contribution in [0.3, 0.4) is 0 Å². The van der Waals surface area contributed by atoms with Crippen molar-refractivity contribution in [2.45, 2.75) is 12.8 Å². The van der Waals surface area contributed by atoms with Gasteiger partial charge in [-0.25, -0.2) is 0 Å². The molecule has 5 nitrogen and oxygen atoms in total. The van der Waals surface area contributed by atoms with Crippen LogP contribution in [0.5, 0.6) is 0 Å². The lowest BCUT2D eigenvalue weighted by atomic mass is 10.1. The Kier molecular flexibility index (Phi) is 5.01. The van der Waals surface area contributed by atoms with Crippen LogP contribution in [0.4, 0.5) is 5.69 Å². The third-order valence-corrected chi connectivity index (χ3v) is 3.90. The summed E-state index contributed by atoms with van der Waals surface area (Å²) in [5.74, 6) is -0.320. The number of amides is 2. The molecular weight excluding hydrogens is 302 g/mol. The van der Waals surface area contributed by atoms with Crippen LogP contribution in [0.15, 0.2) is 54.7 Å². The van der Waals surface area contributed by atoms with E-state index in [4.69, 9.17) is 0 Å². The summed E-state index contributed by atoms with van der Waals surface area (Å²) in [5, 5.41) is 2.78. The number of likely N-dealkylation sites (tertiary alicyclic amines) is 1. The topological polar surface area (TPSA) is 62.3 Å². The maximum Gasteiger partial charge on any atom is 0.255 e. The molecule has 0 saturated carbocycles.